The van der Waals surface area contributed by atoms with Gasteiger partial charge in [0.15, 0.2) is 0 Å². The number of nitrogens with zero attached hydrogens (tertiary/aromatic N) is 3. The molecule has 0 aliphatic carbocycles. The molecule has 1 aromatic carbocycles. The van der Waals surface area contributed by atoms with Crippen molar-refractivity contribution in [2.45, 2.75) is 0 Å². The average Bonchev–Trinajstić information content (AvgIpc) is 2.70. The van der Waals surface area contributed by atoms with Gasteiger partial charge in [-0.3, -0.25) is 0 Å². The van der Waals surface area contributed by atoms with Crippen LogP contribution in [0, 0.1) is 5.82 Å². The van der Waals surface area contributed by atoms with Crippen LogP contribution in [0.2, 0.25) is 0 Å². The molecule has 0 saturated carbocycles. The second-order valence-electron chi connectivity index (χ2n) is 2.81. The zero-order valence-electron chi connectivity index (χ0n) is 7.46. The molecule has 2 aromatic rings. The Morgan fingerprint density at radius 2 is 2.19 bits per heavy atom. The monoisotopic (exact) mass is 215 g/mol. The number of rotatable bonds is 2. The number of hydrogen-bond acceptors (Lipinski definition) is 3. The fraction of sp³-hybridized carbons (Fsp3) is 0. The summed E-state index contributed by atoms with van der Waals surface area (Å²) in [5.74, 6) is -1.82. The van der Waals surface area contributed by atoms with E-state index in [0.717, 1.165) is 6.07 Å². The molecule has 0 aliphatic heterocycles. The Balaban J connectivity index is 0.00000128. The van der Waals surface area contributed by atoms with E-state index in [0.29, 0.717) is 0 Å². The summed E-state index contributed by atoms with van der Waals surface area (Å²) >= 11 is 0. The summed E-state index contributed by atoms with van der Waals surface area (Å²) in [6.45, 7) is 0. The number of halogens is 1. The Bertz CT molecular complexity index is 501. The zero-order valence-corrected chi connectivity index (χ0v) is 7.46. The van der Waals surface area contributed by atoms with Crippen LogP contribution in [0.4, 0.5) is 4.39 Å². The van der Waals surface area contributed by atoms with Gasteiger partial charge in [-0.25, -0.2) is 18.9 Å². The Morgan fingerprint density at radius 3 is 2.69 bits per heavy atom. The van der Waals surface area contributed by atoms with Crippen molar-refractivity contribution < 1.29 is 14.3 Å². The zero-order chi connectivity index (χ0) is 10.8. The number of aromatic carboxylic acids is 1. The fourth-order valence-electron chi connectivity index (χ4n) is 1.16. The average molecular weight is 215 g/mol. The van der Waals surface area contributed by atoms with Crippen LogP contribution < -0.4 is 0 Å². The van der Waals surface area contributed by atoms with Gasteiger partial charge in [-0.1, -0.05) is 0 Å². The maximum atomic E-state index is 13.4. The first-order valence-corrected chi connectivity index (χ1v) is 4.06. The minimum absolute atomic E-state index is 0. The van der Waals surface area contributed by atoms with Gasteiger partial charge in [-0.2, -0.15) is 5.10 Å². The number of carbonyl (C=O) groups is 1. The van der Waals surface area contributed by atoms with Crippen LogP contribution in [0.1, 0.15) is 10.4 Å². The van der Waals surface area contributed by atoms with E-state index in [2.05, 4.69) is 10.1 Å². The van der Waals surface area contributed by atoms with Crippen LogP contribution in [0.15, 0.2) is 30.9 Å². The molecule has 1 heterocycles. The van der Waals surface area contributed by atoms with Crippen molar-refractivity contribution in [1.82, 2.24) is 14.8 Å². The van der Waals surface area contributed by atoms with Crippen LogP contribution in [0.25, 0.3) is 5.69 Å². The molecule has 0 fully saturated rings. The number of carboxylic acid groups (broad SMARTS) is 1. The van der Waals surface area contributed by atoms with Crippen molar-refractivity contribution in [2.75, 3.05) is 0 Å². The van der Waals surface area contributed by atoms with E-state index in [1.807, 2.05) is 0 Å². The molecule has 0 bridgehead atoms. The molecule has 5 nitrogen and oxygen atoms in total. The second-order valence-corrected chi connectivity index (χ2v) is 2.81. The van der Waals surface area contributed by atoms with Crippen molar-refractivity contribution in [2.24, 2.45) is 0 Å². The SMILES string of the molecule is O=C(O)c1ccc(-n2cncn2)c(F)c1.[LiH]. The Kier molecular flexibility index (Phi) is 3.82. The van der Waals surface area contributed by atoms with E-state index >= 15 is 0 Å². The summed E-state index contributed by atoms with van der Waals surface area (Å²) in [5, 5.41) is 12.4. The van der Waals surface area contributed by atoms with Gasteiger partial charge >= 0.3 is 24.8 Å². The van der Waals surface area contributed by atoms with Gasteiger partial charge in [-0.15, -0.1) is 0 Å². The predicted octanol–water partition coefficient (Wildman–Crippen LogP) is 0.456. The van der Waals surface area contributed by atoms with Crippen molar-refractivity contribution in [3.63, 3.8) is 0 Å². The first kappa shape index (κ1) is 12.4. The number of carboxylic acids is 1. The van der Waals surface area contributed by atoms with Gasteiger partial charge in [-0.05, 0) is 18.2 Å². The molecular formula is C9H7FLiN3O2. The molecule has 1 N–H and O–H groups in total. The second kappa shape index (κ2) is 4.92. The van der Waals surface area contributed by atoms with E-state index < -0.39 is 11.8 Å². The number of hydrogen-bond donors (Lipinski definition) is 1. The summed E-state index contributed by atoms with van der Waals surface area (Å²) in [6.07, 6.45) is 2.60. The Labute approximate surface area is 102 Å². The van der Waals surface area contributed by atoms with Crippen LogP contribution >= 0.6 is 0 Å². The van der Waals surface area contributed by atoms with Crippen LogP contribution in [0.5, 0.6) is 0 Å². The van der Waals surface area contributed by atoms with E-state index in [-0.39, 0.29) is 30.1 Å². The molecule has 0 radical (unpaired) electrons. The van der Waals surface area contributed by atoms with Gasteiger partial charge in [0.25, 0.3) is 0 Å². The summed E-state index contributed by atoms with van der Waals surface area (Å²) in [5.41, 5.74) is 0.0638. The maximum absolute atomic E-state index is 13.4. The van der Waals surface area contributed by atoms with Gasteiger partial charge < -0.3 is 5.11 Å². The molecule has 0 spiro atoms. The standard InChI is InChI=1S/C9H6FN3O2.Li.H/c10-7-3-6(9(14)15)1-2-8(7)13-5-11-4-12-13;;/h1-5H,(H,14,15);;. The fourth-order valence-corrected chi connectivity index (χ4v) is 1.16. The van der Waals surface area contributed by atoms with Crippen molar-refractivity contribution in [1.29, 1.82) is 0 Å². The number of benzene rings is 1. The topological polar surface area (TPSA) is 68.0 Å². The summed E-state index contributed by atoms with van der Waals surface area (Å²) in [7, 11) is 0. The quantitative estimate of drug-likeness (QED) is 0.738. The molecule has 2 rings (SSSR count). The summed E-state index contributed by atoms with van der Waals surface area (Å²) in [4.78, 5) is 14.2. The van der Waals surface area contributed by atoms with Crippen molar-refractivity contribution in [3.05, 3.63) is 42.2 Å². The molecule has 0 unspecified atom stereocenters. The van der Waals surface area contributed by atoms with E-state index in [1.165, 1.54) is 29.5 Å². The van der Waals surface area contributed by atoms with Gasteiger partial charge in [0.05, 0.1) is 5.56 Å². The molecule has 1 aromatic heterocycles. The Hall–Kier alpha value is -1.64. The molecule has 0 amide bonds. The third kappa shape index (κ3) is 2.29. The minimum atomic E-state index is -1.17. The van der Waals surface area contributed by atoms with Crippen LogP contribution in [0.3, 0.4) is 0 Å². The van der Waals surface area contributed by atoms with Crippen LogP contribution in [-0.4, -0.2) is 44.7 Å². The van der Waals surface area contributed by atoms with E-state index in [1.54, 1.807) is 0 Å². The van der Waals surface area contributed by atoms with E-state index in [4.69, 9.17) is 5.11 Å². The van der Waals surface area contributed by atoms with Gasteiger partial charge in [0, 0.05) is 0 Å². The number of aromatic nitrogens is 3. The third-order valence-electron chi connectivity index (χ3n) is 1.86. The van der Waals surface area contributed by atoms with Crippen LogP contribution in [-0.2, 0) is 0 Å². The first-order chi connectivity index (χ1) is 7.18. The van der Waals surface area contributed by atoms with Gasteiger partial charge in [0.1, 0.15) is 24.2 Å². The predicted molar refractivity (Wildman–Crippen MR) is 55.4 cm³/mol. The van der Waals surface area contributed by atoms with Gasteiger partial charge in [0.2, 0.25) is 0 Å². The molecule has 0 aliphatic rings. The Morgan fingerprint density at radius 1 is 1.44 bits per heavy atom. The third-order valence-corrected chi connectivity index (χ3v) is 1.86. The molecule has 16 heavy (non-hydrogen) atoms. The first-order valence-electron chi connectivity index (χ1n) is 4.06. The van der Waals surface area contributed by atoms with E-state index in [9.17, 15) is 9.18 Å². The molecule has 0 atom stereocenters. The molecular weight excluding hydrogens is 208 g/mol. The normalized spacial score (nSPS) is 9.56. The van der Waals surface area contributed by atoms with Crippen molar-refractivity contribution >= 4 is 24.8 Å². The van der Waals surface area contributed by atoms with Crippen molar-refractivity contribution in [3.8, 4) is 5.69 Å². The molecule has 7 heteroatoms. The molecule has 78 valence electrons. The summed E-state index contributed by atoms with van der Waals surface area (Å²) < 4.78 is 14.6. The summed E-state index contributed by atoms with van der Waals surface area (Å²) in [6, 6.07) is 3.59. The molecule has 0 saturated heterocycles.